The molecular formula is C15H20N2O. The van der Waals surface area contributed by atoms with Crippen molar-refractivity contribution in [3.63, 3.8) is 0 Å². The van der Waals surface area contributed by atoms with Gasteiger partial charge in [-0.3, -0.25) is 0 Å². The Morgan fingerprint density at radius 1 is 1.28 bits per heavy atom. The van der Waals surface area contributed by atoms with Crippen LogP contribution in [0, 0.1) is 11.3 Å². The van der Waals surface area contributed by atoms with Gasteiger partial charge in [0.25, 0.3) is 0 Å². The molecule has 18 heavy (non-hydrogen) atoms. The molecule has 1 aromatic carbocycles. The van der Waals surface area contributed by atoms with Crippen LogP contribution >= 0.6 is 0 Å². The van der Waals surface area contributed by atoms with E-state index >= 15 is 0 Å². The number of nitrogens with zero attached hydrogens (tertiary/aromatic N) is 1. The van der Waals surface area contributed by atoms with Crippen LogP contribution in [0.2, 0.25) is 0 Å². The normalized spacial score (nSPS) is 18.2. The van der Waals surface area contributed by atoms with Gasteiger partial charge < -0.3 is 10.4 Å². The lowest BCUT2D eigenvalue weighted by Gasteiger charge is -2.32. The molecule has 2 rings (SSSR count). The average Bonchev–Trinajstić information content (AvgIpc) is 2.40. The van der Waals surface area contributed by atoms with Crippen LogP contribution in [0.3, 0.4) is 0 Å². The van der Waals surface area contributed by atoms with E-state index in [0.717, 1.165) is 31.2 Å². The van der Waals surface area contributed by atoms with Crippen molar-refractivity contribution >= 4 is 0 Å². The number of hydrogen-bond acceptors (Lipinski definition) is 3. The molecule has 3 heteroatoms. The Kier molecular flexibility index (Phi) is 4.35. The molecule has 0 amide bonds. The Balaban J connectivity index is 1.82. The molecule has 0 atom stereocenters. The Hall–Kier alpha value is -1.37. The van der Waals surface area contributed by atoms with Crippen LogP contribution < -0.4 is 5.32 Å². The average molecular weight is 244 g/mol. The van der Waals surface area contributed by atoms with Crippen LogP contribution in [0.1, 0.15) is 43.2 Å². The lowest BCUT2D eigenvalue weighted by molar-refractivity contribution is 0.00468. The molecule has 1 aromatic rings. The van der Waals surface area contributed by atoms with Crippen molar-refractivity contribution in [2.45, 2.75) is 44.2 Å². The van der Waals surface area contributed by atoms with Crippen LogP contribution in [0.5, 0.6) is 0 Å². The molecule has 0 aromatic heterocycles. The zero-order valence-electron chi connectivity index (χ0n) is 10.7. The second-order valence-electron chi connectivity index (χ2n) is 5.20. The highest BCUT2D eigenvalue weighted by Crippen LogP contribution is 2.27. The number of aliphatic hydroxyl groups is 1. The Bertz CT molecular complexity index is 430. The van der Waals surface area contributed by atoms with Crippen LogP contribution in [0.15, 0.2) is 24.3 Å². The SMILES string of the molecule is N#Cc1cccc(CNCC2(O)CCCCC2)c1. The third kappa shape index (κ3) is 3.56. The maximum atomic E-state index is 10.3. The van der Waals surface area contributed by atoms with Crippen LogP contribution in [-0.2, 0) is 6.54 Å². The van der Waals surface area contributed by atoms with Crippen molar-refractivity contribution in [1.29, 1.82) is 5.26 Å². The molecule has 0 radical (unpaired) electrons. The molecule has 0 bridgehead atoms. The maximum absolute atomic E-state index is 10.3. The van der Waals surface area contributed by atoms with Gasteiger partial charge in [-0.05, 0) is 30.5 Å². The largest absolute Gasteiger partial charge is 0.389 e. The maximum Gasteiger partial charge on any atom is 0.0991 e. The third-order valence-electron chi connectivity index (χ3n) is 3.62. The summed E-state index contributed by atoms with van der Waals surface area (Å²) in [6.07, 6.45) is 5.30. The second kappa shape index (κ2) is 5.99. The molecule has 0 saturated heterocycles. The topological polar surface area (TPSA) is 56.0 Å². The van der Waals surface area contributed by atoms with Gasteiger partial charge in [0.2, 0.25) is 0 Å². The second-order valence-corrected chi connectivity index (χ2v) is 5.20. The first kappa shape index (κ1) is 13.1. The summed E-state index contributed by atoms with van der Waals surface area (Å²) in [4.78, 5) is 0. The van der Waals surface area contributed by atoms with E-state index < -0.39 is 5.60 Å². The number of rotatable bonds is 4. The lowest BCUT2D eigenvalue weighted by Crippen LogP contribution is -2.41. The molecular weight excluding hydrogens is 224 g/mol. The number of hydrogen-bond donors (Lipinski definition) is 2. The van der Waals surface area contributed by atoms with E-state index in [1.54, 1.807) is 6.07 Å². The first-order valence-corrected chi connectivity index (χ1v) is 6.64. The van der Waals surface area contributed by atoms with Gasteiger partial charge in [-0.25, -0.2) is 0 Å². The molecule has 3 nitrogen and oxygen atoms in total. The molecule has 1 aliphatic rings. The van der Waals surface area contributed by atoms with Crippen molar-refractivity contribution in [1.82, 2.24) is 5.32 Å². The van der Waals surface area contributed by atoms with Gasteiger partial charge >= 0.3 is 0 Å². The molecule has 0 unspecified atom stereocenters. The van der Waals surface area contributed by atoms with Crippen molar-refractivity contribution in [2.75, 3.05) is 6.54 Å². The standard InChI is InChI=1S/C15H20N2O/c16-10-13-5-4-6-14(9-13)11-17-12-15(18)7-2-1-3-8-15/h4-6,9,17-18H,1-3,7-8,11-12H2. The monoisotopic (exact) mass is 244 g/mol. The minimum Gasteiger partial charge on any atom is -0.389 e. The summed E-state index contributed by atoms with van der Waals surface area (Å²) in [6.45, 7) is 1.35. The molecule has 0 aliphatic heterocycles. The summed E-state index contributed by atoms with van der Waals surface area (Å²) in [6, 6.07) is 9.72. The Labute approximate surface area is 108 Å². The third-order valence-corrected chi connectivity index (χ3v) is 3.62. The van der Waals surface area contributed by atoms with Crippen LogP contribution in [-0.4, -0.2) is 17.3 Å². The highest BCUT2D eigenvalue weighted by molar-refractivity contribution is 5.32. The Morgan fingerprint density at radius 2 is 2.06 bits per heavy atom. The molecule has 0 spiro atoms. The molecule has 2 N–H and O–H groups in total. The lowest BCUT2D eigenvalue weighted by atomic mass is 9.85. The van der Waals surface area contributed by atoms with E-state index in [9.17, 15) is 5.11 Å². The van der Waals surface area contributed by atoms with E-state index in [0.29, 0.717) is 18.7 Å². The first-order chi connectivity index (χ1) is 8.72. The van der Waals surface area contributed by atoms with Crippen LogP contribution in [0.4, 0.5) is 0 Å². The summed E-state index contributed by atoms with van der Waals surface area (Å²) < 4.78 is 0. The molecule has 1 aliphatic carbocycles. The van der Waals surface area contributed by atoms with Gasteiger partial charge in [-0.2, -0.15) is 5.26 Å². The summed E-state index contributed by atoms with van der Waals surface area (Å²) in [5, 5.41) is 22.5. The van der Waals surface area contributed by atoms with Crippen molar-refractivity contribution in [3.8, 4) is 6.07 Å². The van der Waals surface area contributed by atoms with Gasteiger partial charge in [-0.1, -0.05) is 31.4 Å². The van der Waals surface area contributed by atoms with Crippen molar-refractivity contribution in [3.05, 3.63) is 35.4 Å². The summed E-state index contributed by atoms with van der Waals surface area (Å²) in [7, 11) is 0. The molecule has 96 valence electrons. The minimum absolute atomic E-state index is 0.523. The van der Waals surface area contributed by atoms with Gasteiger partial charge in [0, 0.05) is 13.1 Å². The predicted molar refractivity (Wildman–Crippen MR) is 70.9 cm³/mol. The zero-order chi connectivity index (χ0) is 12.8. The summed E-state index contributed by atoms with van der Waals surface area (Å²) in [5.41, 5.74) is 1.25. The fourth-order valence-electron chi connectivity index (χ4n) is 2.58. The molecule has 1 saturated carbocycles. The van der Waals surface area contributed by atoms with Gasteiger partial charge in [0.1, 0.15) is 0 Å². The number of benzene rings is 1. The fourth-order valence-corrected chi connectivity index (χ4v) is 2.58. The van der Waals surface area contributed by atoms with Gasteiger partial charge in [0.15, 0.2) is 0 Å². The van der Waals surface area contributed by atoms with E-state index in [2.05, 4.69) is 11.4 Å². The zero-order valence-corrected chi connectivity index (χ0v) is 10.7. The quantitative estimate of drug-likeness (QED) is 0.854. The molecule has 1 fully saturated rings. The minimum atomic E-state index is -0.523. The van der Waals surface area contributed by atoms with Crippen molar-refractivity contribution in [2.24, 2.45) is 0 Å². The highest BCUT2D eigenvalue weighted by atomic mass is 16.3. The first-order valence-electron chi connectivity index (χ1n) is 6.64. The smallest absolute Gasteiger partial charge is 0.0991 e. The predicted octanol–water partition coefficient (Wildman–Crippen LogP) is 2.34. The van der Waals surface area contributed by atoms with E-state index in [1.807, 2.05) is 18.2 Å². The fraction of sp³-hybridized carbons (Fsp3) is 0.533. The van der Waals surface area contributed by atoms with Gasteiger partial charge in [-0.15, -0.1) is 0 Å². The summed E-state index contributed by atoms with van der Waals surface area (Å²) >= 11 is 0. The van der Waals surface area contributed by atoms with Crippen LogP contribution in [0.25, 0.3) is 0 Å². The number of nitrogens with one attached hydrogen (secondary N) is 1. The van der Waals surface area contributed by atoms with Crippen molar-refractivity contribution < 1.29 is 5.11 Å². The summed E-state index contributed by atoms with van der Waals surface area (Å²) in [5.74, 6) is 0. The van der Waals surface area contributed by atoms with E-state index in [4.69, 9.17) is 5.26 Å². The molecule has 0 heterocycles. The van der Waals surface area contributed by atoms with E-state index in [-0.39, 0.29) is 0 Å². The Morgan fingerprint density at radius 3 is 2.78 bits per heavy atom. The van der Waals surface area contributed by atoms with E-state index in [1.165, 1.54) is 6.42 Å². The number of nitriles is 1. The van der Waals surface area contributed by atoms with Gasteiger partial charge in [0.05, 0.1) is 17.2 Å². The highest BCUT2D eigenvalue weighted by Gasteiger charge is 2.28.